The number of thiol groups is 1. The molecule has 12 heteroatoms. The van der Waals surface area contributed by atoms with Crippen LogP contribution < -0.4 is 20.9 Å². The van der Waals surface area contributed by atoms with Crippen molar-refractivity contribution < 1.29 is 0 Å². The summed E-state index contributed by atoms with van der Waals surface area (Å²) in [4.78, 5) is 20.0. The van der Waals surface area contributed by atoms with E-state index in [1.54, 1.807) is 6.20 Å². The SMILES string of the molecule is C=N/C=C(\C=C/C)c1ncc(C#N)c(Nc2ccc(Nc3nc4ccccc4c(N4CCC(NC(C)(C)C)CC4)c3C#N)cc2C)n1.N#CS. The molecule has 0 bridgehead atoms. The molecule has 0 saturated carbocycles. The normalized spacial score (nSPS) is 13.5. The van der Waals surface area contributed by atoms with Crippen LogP contribution in [0.3, 0.4) is 0 Å². The third-order valence-electron chi connectivity index (χ3n) is 7.91. The molecule has 2 aromatic heterocycles. The van der Waals surface area contributed by atoms with E-state index in [9.17, 15) is 10.5 Å². The Balaban J connectivity index is 0.00000181. The summed E-state index contributed by atoms with van der Waals surface area (Å²) < 4.78 is 0. The van der Waals surface area contributed by atoms with Crippen LogP contribution >= 0.6 is 12.6 Å². The molecule has 0 radical (unpaired) electrons. The second-order valence-electron chi connectivity index (χ2n) is 12.7. The van der Waals surface area contributed by atoms with Crippen molar-refractivity contribution in [3.05, 3.63) is 89.5 Å². The van der Waals surface area contributed by atoms with E-state index >= 15 is 0 Å². The summed E-state index contributed by atoms with van der Waals surface area (Å²) >= 11 is 3.09. The minimum atomic E-state index is 0.0559. The quantitative estimate of drug-likeness (QED) is 0.0590. The molecule has 0 atom stereocenters. The number of aryl methyl sites for hydroxylation is 1. The lowest BCUT2D eigenvalue weighted by atomic mass is 9.98. The number of fused-ring (bicyclic) bond motifs is 1. The van der Waals surface area contributed by atoms with Gasteiger partial charge in [0.25, 0.3) is 0 Å². The van der Waals surface area contributed by atoms with Crippen molar-refractivity contribution in [1.82, 2.24) is 20.3 Å². The van der Waals surface area contributed by atoms with Crippen LogP contribution in [0.15, 0.2) is 72.0 Å². The predicted molar refractivity (Wildman–Crippen MR) is 206 cm³/mol. The molecule has 3 heterocycles. The maximum Gasteiger partial charge on any atom is 0.163 e. The molecule has 1 aliphatic heterocycles. The number of para-hydroxylation sites is 1. The number of rotatable bonds is 9. The Labute approximate surface area is 299 Å². The summed E-state index contributed by atoms with van der Waals surface area (Å²) in [6.07, 6.45) is 8.75. The highest BCUT2D eigenvalue weighted by Gasteiger charge is 2.27. The van der Waals surface area contributed by atoms with Gasteiger partial charge in [-0.15, -0.1) is 0 Å². The number of aliphatic imine (C=N–C) groups is 1. The van der Waals surface area contributed by atoms with Gasteiger partial charge in [-0.3, -0.25) is 4.99 Å². The average Bonchev–Trinajstić information content (AvgIpc) is 3.09. The van der Waals surface area contributed by atoms with Crippen LogP contribution in [0.25, 0.3) is 16.5 Å². The Kier molecular flexibility index (Phi) is 12.7. The van der Waals surface area contributed by atoms with E-state index in [0.717, 1.165) is 59.5 Å². The van der Waals surface area contributed by atoms with Crippen LogP contribution in [0, 0.1) is 40.2 Å². The number of allylic oxidation sites excluding steroid dienone is 3. The first-order chi connectivity index (χ1) is 24.0. The van der Waals surface area contributed by atoms with Crippen molar-refractivity contribution >= 4 is 64.5 Å². The highest BCUT2D eigenvalue weighted by atomic mass is 32.1. The molecule has 3 N–H and O–H groups in total. The van der Waals surface area contributed by atoms with Gasteiger partial charge in [0.15, 0.2) is 17.5 Å². The summed E-state index contributed by atoms with van der Waals surface area (Å²) in [5, 5.41) is 40.3. The molecule has 0 spiro atoms. The lowest BCUT2D eigenvalue weighted by Gasteiger charge is -2.38. The number of anilines is 5. The fourth-order valence-corrected chi connectivity index (χ4v) is 5.88. The molecule has 2 aromatic carbocycles. The van der Waals surface area contributed by atoms with Gasteiger partial charge in [0.05, 0.1) is 17.4 Å². The number of aromatic nitrogens is 3. The van der Waals surface area contributed by atoms with Gasteiger partial charge in [-0.2, -0.15) is 15.8 Å². The first-order valence-electron chi connectivity index (χ1n) is 16.1. The molecule has 5 rings (SSSR count). The second-order valence-corrected chi connectivity index (χ2v) is 12.9. The fraction of sp³-hybridized carbons (Fsp3) is 0.289. The maximum atomic E-state index is 10.5. The number of thiocyanates is 1. The van der Waals surface area contributed by atoms with Crippen LogP contribution in [0.1, 0.15) is 63.1 Å². The number of benzene rings is 2. The third-order valence-corrected chi connectivity index (χ3v) is 7.91. The molecule has 1 aliphatic rings. The topological polar surface area (TPSA) is 162 Å². The Hall–Kier alpha value is -5.74. The third kappa shape index (κ3) is 9.24. The number of nitrogens with one attached hydrogen (secondary N) is 3. The van der Waals surface area contributed by atoms with E-state index < -0.39 is 0 Å². The molecule has 1 saturated heterocycles. The lowest BCUT2D eigenvalue weighted by molar-refractivity contribution is 0.317. The number of hydrogen-bond donors (Lipinski definition) is 4. The molecule has 11 nitrogen and oxygen atoms in total. The van der Waals surface area contributed by atoms with E-state index in [1.165, 1.54) is 11.6 Å². The molecule has 4 aromatic rings. The van der Waals surface area contributed by atoms with Crippen LogP contribution in [0.2, 0.25) is 0 Å². The molecular weight excluding hydrogens is 643 g/mol. The molecule has 0 unspecified atom stereocenters. The van der Waals surface area contributed by atoms with Crippen LogP contribution in [0.5, 0.6) is 0 Å². The molecule has 0 aliphatic carbocycles. The zero-order valence-corrected chi connectivity index (χ0v) is 29.9. The van der Waals surface area contributed by atoms with Gasteiger partial charge in [-0.25, -0.2) is 15.0 Å². The zero-order valence-electron chi connectivity index (χ0n) is 29.0. The van der Waals surface area contributed by atoms with Crippen LogP contribution in [0.4, 0.5) is 28.7 Å². The van der Waals surface area contributed by atoms with E-state index in [0.29, 0.717) is 40.2 Å². The van der Waals surface area contributed by atoms with Gasteiger partial charge >= 0.3 is 0 Å². The highest BCUT2D eigenvalue weighted by Crippen LogP contribution is 2.37. The first-order valence-corrected chi connectivity index (χ1v) is 16.6. The molecule has 254 valence electrons. The van der Waals surface area contributed by atoms with Crippen molar-refractivity contribution in [2.24, 2.45) is 4.99 Å². The molecular formula is C38H41N11S. The summed E-state index contributed by atoms with van der Waals surface area (Å²) in [5.74, 6) is 1.32. The average molecular weight is 684 g/mol. The van der Waals surface area contributed by atoms with E-state index in [4.69, 9.17) is 10.2 Å². The van der Waals surface area contributed by atoms with E-state index in [2.05, 4.69) is 88.1 Å². The Morgan fingerprint density at radius 1 is 1.04 bits per heavy atom. The lowest BCUT2D eigenvalue weighted by Crippen LogP contribution is -2.49. The summed E-state index contributed by atoms with van der Waals surface area (Å²) in [5.41, 5.74) is 5.78. The number of nitriles is 3. The van der Waals surface area contributed by atoms with E-state index in [-0.39, 0.29) is 5.54 Å². The largest absolute Gasteiger partial charge is 0.370 e. The molecule has 0 amide bonds. The molecule has 1 fully saturated rings. The number of hydrogen-bond acceptors (Lipinski definition) is 12. The first kappa shape index (κ1) is 37.1. The predicted octanol–water partition coefficient (Wildman–Crippen LogP) is 7.94. The number of nitrogens with zero attached hydrogens (tertiary/aromatic N) is 8. The minimum Gasteiger partial charge on any atom is -0.370 e. The second kappa shape index (κ2) is 17.1. The van der Waals surface area contributed by atoms with Crippen molar-refractivity contribution in [3.63, 3.8) is 0 Å². The van der Waals surface area contributed by atoms with Crippen molar-refractivity contribution in [1.29, 1.82) is 15.8 Å². The van der Waals surface area contributed by atoms with Crippen molar-refractivity contribution in [3.8, 4) is 17.5 Å². The van der Waals surface area contributed by atoms with Crippen molar-refractivity contribution in [2.45, 2.75) is 59.0 Å². The van der Waals surface area contributed by atoms with Gasteiger partial charge < -0.3 is 20.9 Å². The Morgan fingerprint density at radius 2 is 1.76 bits per heavy atom. The Morgan fingerprint density at radius 3 is 2.38 bits per heavy atom. The van der Waals surface area contributed by atoms with E-state index in [1.807, 2.05) is 68.5 Å². The van der Waals surface area contributed by atoms with Crippen molar-refractivity contribution in [2.75, 3.05) is 28.6 Å². The van der Waals surface area contributed by atoms with Crippen LogP contribution in [-0.4, -0.2) is 46.3 Å². The van der Waals surface area contributed by atoms with Crippen LogP contribution in [-0.2, 0) is 0 Å². The molecule has 50 heavy (non-hydrogen) atoms. The highest BCUT2D eigenvalue weighted by molar-refractivity contribution is 7.85. The van der Waals surface area contributed by atoms with Gasteiger partial charge in [0.1, 0.15) is 28.7 Å². The number of piperidine rings is 1. The number of pyridine rings is 1. The standard InChI is InChI=1S/C37H40N10.CHNS/c1-7-10-25(22-40-6)34-41-23-26(20-38)35(45-34)43-31-14-13-28(19-24(31)2)42-36-30(21-39)33(29-11-8-9-12-32(29)44-36)47-17-15-27(16-18-47)46-37(3,4)5;2-1-3/h7-14,19,22-23,27,46H,6,15-18H2,1-5H3,(H,42,44)(H,41,43,45);3H/b10-7-,25-22+;. The smallest absolute Gasteiger partial charge is 0.163 e. The monoisotopic (exact) mass is 683 g/mol. The summed E-state index contributed by atoms with van der Waals surface area (Å²) in [6.45, 7) is 15.7. The summed E-state index contributed by atoms with van der Waals surface area (Å²) in [6, 6.07) is 18.9. The van der Waals surface area contributed by atoms with Gasteiger partial charge in [0, 0.05) is 53.2 Å². The maximum absolute atomic E-state index is 10.5. The van der Waals surface area contributed by atoms with Gasteiger partial charge in [0.2, 0.25) is 0 Å². The summed E-state index contributed by atoms with van der Waals surface area (Å²) in [7, 11) is 0. The fourth-order valence-electron chi connectivity index (χ4n) is 5.88. The Bertz CT molecular complexity index is 2030. The van der Waals surface area contributed by atoms with Gasteiger partial charge in [-0.1, -0.05) is 43.0 Å². The van der Waals surface area contributed by atoms with Gasteiger partial charge in [-0.05, 0) is 84.0 Å². The minimum absolute atomic E-state index is 0.0559. The zero-order chi connectivity index (χ0) is 36.3.